The van der Waals surface area contributed by atoms with Crippen LogP contribution in [0.4, 0.5) is 17.1 Å². The molecule has 3 aromatic carbocycles. The first-order valence-corrected chi connectivity index (χ1v) is 9.93. The molecular weight excluding hydrogens is 426 g/mol. The summed E-state index contributed by atoms with van der Waals surface area (Å²) in [6.45, 7) is 2.89. The van der Waals surface area contributed by atoms with Gasteiger partial charge in [-0.2, -0.15) is 0 Å². The van der Waals surface area contributed by atoms with Gasteiger partial charge in [-0.3, -0.25) is 19.7 Å². The molecule has 33 heavy (non-hydrogen) atoms. The maximum atomic E-state index is 12.6. The summed E-state index contributed by atoms with van der Waals surface area (Å²) in [5.41, 5.74) is 2.02. The molecule has 0 spiro atoms. The van der Waals surface area contributed by atoms with Gasteiger partial charge in [-0.1, -0.05) is 35.9 Å². The zero-order valence-corrected chi connectivity index (χ0v) is 18.0. The fraction of sp³-hybridized carbons (Fsp3) is 0.125. The molecule has 3 aromatic rings. The normalized spacial score (nSPS) is 10.2. The number of nitro groups is 1. The topological polar surface area (TPSA) is 128 Å². The van der Waals surface area contributed by atoms with Crippen molar-refractivity contribution < 1.29 is 24.0 Å². The Hall–Kier alpha value is -4.53. The number of aryl methyl sites for hydroxylation is 2. The number of nitrogens with one attached hydrogen (secondary N) is 2. The zero-order chi connectivity index (χ0) is 24.0. The summed E-state index contributed by atoms with van der Waals surface area (Å²) in [6, 6.07) is 17.6. The molecule has 0 aliphatic rings. The highest BCUT2D eigenvalue weighted by Crippen LogP contribution is 2.25. The van der Waals surface area contributed by atoms with Gasteiger partial charge in [-0.15, -0.1) is 0 Å². The van der Waals surface area contributed by atoms with Gasteiger partial charge < -0.3 is 15.4 Å². The summed E-state index contributed by atoms with van der Waals surface area (Å²) in [6.07, 6.45) is 0. The van der Waals surface area contributed by atoms with Crippen LogP contribution >= 0.6 is 0 Å². The number of para-hydroxylation sites is 1. The molecule has 0 atom stereocenters. The molecule has 0 aliphatic carbocycles. The van der Waals surface area contributed by atoms with Gasteiger partial charge in [0.05, 0.1) is 16.2 Å². The number of nitro benzene ring substituents is 1. The van der Waals surface area contributed by atoms with E-state index in [1.165, 1.54) is 18.2 Å². The van der Waals surface area contributed by atoms with Gasteiger partial charge in [0.1, 0.15) is 5.69 Å². The number of amides is 2. The number of anilines is 2. The maximum absolute atomic E-state index is 12.6. The minimum Gasteiger partial charge on any atom is -0.452 e. The van der Waals surface area contributed by atoms with Crippen molar-refractivity contribution in [3.8, 4) is 0 Å². The van der Waals surface area contributed by atoms with Crippen LogP contribution < -0.4 is 10.6 Å². The Labute approximate surface area is 189 Å². The predicted octanol–water partition coefficient (Wildman–Crippen LogP) is 4.26. The van der Waals surface area contributed by atoms with Crippen molar-refractivity contribution >= 4 is 34.8 Å². The quantitative estimate of drug-likeness (QED) is 0.316. The average molecular weight is 447 g/mol. The Morgan fingerprint density at radius 1 is 0.879 bits per heavy atom. The molecule has 0 heterocycles. The summed E-state index contributed by atoms with van der Waals surface area (Å²) in [5, 5.41) is 16.2. The van der Waals surface area contributed by atoms with E-state index in [-0.39, 0.29) is 22.6 Å². The van der Waals surface area contributed by atoms with E-state index < -0.39 is 29.3 Å². The van der Waals surface area contributed by atoms with Crippen molar-refractivity contribution in [2.45, 2.75) is 13.8 Å². The van der Waals surface area contributed by atoms with Gasteiger partial charge in [-0.05, 0) is 49.7 Å². The number of hydrogen-bond donors (Lipinski definition) is 2. The minimum atomic E-state index is -0.830. The molecule has 0 radical (unpaired) electrons. The molecule has 0 aromatic heterocycles. The number of carbonyl (C=O) groups excluding carboxylic acids is 3. The third-order valence-electron chi connectivity index (χ3n) is 4.63. The van der Waals surface area contributed by atoms with Crippen molar-refractivity contribution in [3.05, 3.63) is 99.1 Å². The lowest BCUT2D eigenvalue weighted by Gasteiger charge is -2.11. The Morgan fingerprint density at radius 3 is 2.33 bits per heavy atom. The first-order chi connectivity index (χ1) is 15.7. The molecule has 3 rings (SSSR count). The van der Waals surface area contributed by atoms with Gasteiger partial charge in [0.2, 0.25) is 0 Å². The lowest BCUT2D eigenvalue weighted by Crippen LogP contribution is -2.22. The predicted molar refractivity (Wildman–Crippen MR) is 122 cm³/mol. The van der Waals surface area contributed by atoms with Crippen LogP contribution in [-0.4, -0.2) is 29.3 Å². The summed E-state index contributed by atoms with van der Waals surface area (Å²) in [7, 11) is 0. The number of ether oxygens (including phenoxy) is 1. The fourth-order valence-electron chi connectivity index (χ4n) is 3.04. The third kappa shape index (κ3) is 6.01. The number of nitrogens with zero attached hydrogens (tertiary/aromatic N) is 1. The van der Waals surface area contributed by atoms with Crippen molar-refractivity contribution in [1.82, 2.24) is 0 Å². The van der Waals surface area contributed by atoms with Crippen LogP contribution in [-0.2, 0) is 9.53 Å². The zero-order valence-electron chi connectivity index (χ0n) is 18.0. The summed E-state index contributed by atoms with van der Waals surface area (Å²) in [4.78, 5) is 47.9. The second-order valence-electron chi connectivity index (χ2n) is 7.27. The van der Waals surface area contributed by atoms with Crippen LogP contribution in [0.15, 0.2) is 66.7 Å². The number of esters is 1. The molecule has 2 amide bonds. The smallest absolute Gasteiger partial charge is 0.340 e. The summed E-state index contributed by atoms with van der Waals surface area (Å²) >= 11 is 0. The van der Waals surface area contributed by atoms with E-state index in [2.05, 4.69) is 10.6 Å². The Kier molecular flexibility index (Phi) is 7.14. The molecule has 0 unspecified atom stereocenters. The lowest BCUT2D eigenvalue weighted by atomic mass is 10.1. The van der Waals surface area contributed by atoms with Gasteiger partial charge in [0.15, 0.2) is 6.61 Å². The number of rotatable bonds is 7. The molecule has 2 N–H and O–H groups in total. The molecule has 0 saturated heterocycles. The van der Waals surface area contributed by atoms with Gasteiger partial charge in [-0.25, -0.2) is 4.79 Å². The van der Waals surface area contributed by atoms with Crippen LogP contribution in [0, 0.1) is 24.0 Å². The standard InChI is InChI=1S/C24H21N3O6/c1-15-6-5-7-17(12-15)23(29)26-19-9-4-3-8-18(19)24(30)33-14-22(28)25-20-11-10-16(2)13-21(20)27(31)32/h3-13H,14H2,1-2H3,(H,25,28)(H,26,29). The van der Waals surface area contributed by atoms with Crippen molar-refractivity contribution in [3.63, 3.8) is 0 Å². The second kappa shape index (κ2) is 10.2. The minimum absolute atomic E-state index is 0.00235. The number of carbonyl (C=O) groups is 3. The van der Waals surface area contributed by atoms with E-state index in [4.69, 9.17) is 4.74 Å². The Bertz CT molecular complexity index is 1240. The second-order valence-corrected chi connectivity index (χ2v) is 7.27. The molecular formula is C24H21N3O6. The Morgan fingerprint density at radius 2 is 1.61 bits per heavy atom. The van der Waals surface area contributed by atoms with Gasteiger partial charge in [0.25, 0.3) is 17.5 Å². The number of benzene rings is 3. The van der Waals surface area contributed by atoms with Crippen LogP contribution in [0.1, 0.15) is 31.8 Å². The third-order valence-corrected chi connectivity index (χ3v) is 4.63. The summed E-state index contributed by atoms with van der Waals surface area (Å²) in [5.74, 6) is -1.97. The first kappa shape index (κ1) is 23.1. The average Bonchev–Trinajstić information content (AvgIpc) is 2.79. The summed E-state index contributed by atoms with van der Waals surface area (Å²) < 4.78 is 5.06. The van der Waals surface area contributed by atoms with E-state index in [1.807, 2.05) is 13.0 Å². The molecule has 168 valence electrons. The van der Waals surface area contributed by atoms with E-state index in [0.29, 0.717) is 11.1 Å². The highest BCUT2D eigenvalue weighted by Gasteiger charge is 2.19. The van der Waals surface area contributed by atoms with Gasteiger partial charge >= 0.3 is 5.97 Å². The van der Waals surface area contributed by atoms with Crippen LogP contribution in [0.2, 0.25) is 0 Å². The van der Waals surface area contributed by atoms with E-state index >= 15 is 0 Å². The first-order valence-electron chi connectivity index (χ1n) is 9.93. The Balaban J connectivity index is 1.66. The lowest BCUT2D eigenvalue weighted by molar-refractivity contribution is -0.384. The van der Waals surface area contributed by atoms with E-state index in [1.54, 1.807) is 49.4 Å². The molecule has 0 fully saturated rings. The monoisotopic (exact) mass is 447 g/mol. The maximum Gasteiger partial charge on any atom is 0.340 e. The van der Waals surface area contributed by atoms with E-state index in [9.17, 15) is 24.5 Å². The number of hydrogen-bond acceptors (Lipinski definition) is 6. The van der Waals surface area contributed by atoms with Crippen LogP contribution in [0.5, 0.6) is 0 Å². The highest BCUT2D eigenvalue weighted by atomic mass is 16.6. The highest BCUT2D eigenvalue weighted by molar-refractivity contribution is 6.08. The van der Waals surface area contributed by atoms with E-state index in [0.717, 1.165) is 5.56 Å². The van der Waals surface area contributed by atoms with Gasteiger partial charge in [0, 0.05) is 11.6 Å². The molecule has 9 nitrogen and oxygen atoms in total. The van der Waals surface area contributed by atoms with Crippen LogP contribution in [0.3, 0.4) is 0 Å². The van der Waals surface area contributed by atoms with Crippen molar-refractivity contribution in [2.75, 3.05) is 17.2 Å². The van der Waals surface area contributed by atoms with Crippen molar-refractivity contribution in [1.29, 1.82) is 0 Å². The van der Waals surface area contributed by atoms with Crippen molar-refractivity contribution in [2.24, 2.45) is 0 Å². The molecule has 9 heteroatoms. The SMILES string of the molecule is Cc1cccc(C(=O)Nc2ccccc2C(=O)OCC(=O)Nc2ccc(C)cc2[N+](=O)[O-])c1. The molecule has 0 saturated carbocycles. The molecule has 0 aliphatic heterocycles. The largest absolute Gasteiger partial charge is 0.452 e. The molecule has 0 bridgehead atoms. The van der Waals surface area contributed by atoms with Crippen LogP contribution in [0.25, 0.3) is 0 Å². The fourth-order valence-corrected chi connectivity index (χ4v) is 3.04.